The second-order valence-corrected chi connectivity index (χ2v) is 8.31. The van der Waals surface area contributed by atoms with Gasteiger partial charge in [-0.2, -0.15) is 0 Å². The molecular formula is C23H28FN5O2. The van der Waals surface area contributed by atoms with Crippen LogP contribution in [0, 0.1) is 19.7 Å². The lowest BCUT2D eigenvalue weighted by Gasteiger charge is -2.32. The molecule has 0 aliphatic carbocycles. The fourth-order valence-electron chi connectivity index (χ4n) is 4.09. The van der Waals surface area contributed by atoms with Gasteiger partial charge in [0.1, 0.15) is 5.82 Å². The number of hydrogen-bond donors (Lipinski definition) is 3. The lowest BCUT2D eigenvalue weighted by Crippen LogP contribution is -2.45. The third-order valence-electron chi connectivity index (χ3n) is 6.04. The van der Waals surface area contributed by atoms with Crippen molar-refractivity contribution in [2.75, 3.05) is 50.4 Å². The molecule has 0 atom stereocenters. The van der Waals surface area contributed by atoms with Gasteiger partial charge in [-0.1, -0.05) is 0 Å². The number of halogens is 1. The number of aryl methyl sites for hydroxylation is 1. The number of nitrogens with one attached hydrogen (secondary N) is 3. The van der Waals surface area contributed by atoms with Crippen LogP contribution in [0.15, 0.2) is 18.2 Å². The molecule has 8 heteroatoms. The smallest absolute Gasteiger partial charge is 0.256 e. The van der Waals surface area contributed by atoms with Crippen molar-refractivity contribution in [2.45, 2.75) is 20.3 Å². The minimum absolute atomic E-state index is 0.0330. The number of benzene rings is 1. The normalized spacial score (nSPS) is 18.3. The van der Waals surface area contributed by atoms with E-state index in [0.29, 0.717) is 28.9 Å². The zero-order valence-corrected chi connectivity index (χ0v) is 18.1. The van der Waals surface area contributed by atoms with E-state index in [4.69, 9.17) is 0 Å². The fraction of sp³-hybridized carbons (Fsp3) is 0.391. The number of aromatic amines is 1. The van der Waals surface area contributed by atoms with E-state index in [2.05, 4.69) is 32.5 Å². The Balaban J connectivity index is 1.47. The molecule has 4 rings (SSSR count). The molecule has 1 saturated heterocycles. The molecule has 0 unspecified atom stereocenters. The maximum atomic E-state index is 13.7. The predicted molar refractivity (Wildman–Crippen MR) is 120 cm³/mol. The highest BCUT2D eigenvalue weighted by molar-refractivity contribution is 6.34. The number of nitrogens with zero attached hydrogens (tertiary/aromatic N) is 2. The Kier molecular flexibility index (Phi) is 5.93. The van der Waals surface area contributed by atoms with Gasteiger partial charge < -0.3 is 25.4 Å². The number of H-pyrrole nitrogens is 1. The van der Waals surface area contributed by atoms with Crippen molar-refractivity contribution in [2.24, 2.45) is 0 Å². The molecular weight excluding hydrogens is 397 g/mol. The van der Waals surface area contributed by atoms with Crippen molar-refractivity contribution in [1.29, 1.82) is 0 Å². The van der Waals surface area contributed by atoms with Crippen LogP contribution in [0.1, 0.15) is 28.9 Å². The molecule has 2 amide bonds. The SMILES string of the molecule is Cc1[nH]c(C=C2C(=O)Nc3ccc(F)cc32)c(C)c1NC(=O)CCN1CCN(C)CC1. The lowest BCUT2D eigenvalue weighted by molar-refractivity contribution is -0.116. The Morgan fingerprint density at radius 3 is 2.71 bits per heavy atom. The van der Waals surface area contributed by atoms with Crippen LogP contribution in [-0.2, 0) is 9.59 Å². The zero-order chi connectivity index (χ0) is 22.1. The van der Waals surface area contributed by atoms with E-state index >= 15 is 0 Å². The number of piperazine rings is 1. The summed E-state index contributed by atoms with van der Waals surface area (Å²) in [6, 6.07) is 4.23. The summed E-state index contributed by atoms with van der Waals surface area (Å²) < 4.78 is 13.7. The van der Waals surface area contributed by atoms with E-state index in [9.17, 15) is 14.0 Å². The monoisotopic (exact) mass is 425 g/mol. The van der Waals surface area contributed by atoms with Gasteiger partial charge in [0.2, 0.25) is 5.91 Å². The van der Waals surface area contributed by atoms with Gasteiger partial charge in [0.05, 0.1) is 11.3 Å². The first-order chi connectivity index (χ1) is 14.8. The Labute approximate surface area is 181 Å². The third kappa shape index (κ3) is 4.55. The topological polar surface area (TPSA) is 80.5 Å². The van der Waals surface area contributed by atoms with Gasteiger partial charge in [0.15, 0.2) is 0 Å². The maximum absolute atomic E-state index is 13.7. The summed E-state index contributed by atoms with van der Waals surface area (Å²) in [5.41, 5.74) is 4.63. The van der Waals surface area contributed by atoms with Crippen LogP contribution in [0.2, 0.25) is 0 Å². The molecule has 1 aromatic carbocycles. The Hall–Kier alpha value is -2.97. The molecule has 0 saturated carbocycles. The summed E-state index contributed by atoms with van der Waals surface area (Å²) in [5.74, 6) is -0.701. The summed E-state index contributed by atoms with van der Waals surface area (Å²) in [6.07, 6.45) is 2.14. The van der Waals surface area contributed by atoms with Crippen LogP contribution in [0.4, 0.5) is 15.8 Å². The van der Waals surface area contributed by atoms with Crippen LogP contribution < -0.4 is 10.6 Å². The van der Waals surface area contributed by atoms with Crippen molar-refractivity contribution in [3.63, 3.8) is 0 Å². The number of carbonyl (C=O) groups excluding carboxylic acids is 2. The van der Waals surface area contributed by atoms with Crippen molar-refractivity contribution < 1.29 is 14.0 Å². The van der Waals surface area contributed by atoms with Gasteiger partial charge >= 0.3 is 0 Å². The predicted octanol–water partition coefficient (Wildman–Crippen LogP) is 2.84. The lowest BCUT2D eigenvalue weighted by atomic mass is 10.0. The van der Waals surface area contributed by atoms with Crippen LogP contribution >= 0.6 is 0 Å². The first-order valence-corrected chi connectivity index (χ1v) is 10.5. The molecule has 1 aromatic heterocycles. The van der Waals surface area contributed by atoms with Gasteiger partial charge in [-0.15, -0.1) is 0 Å². The number of likely N-dealkylation sites (N-methyl/N-ethyl adjacent to an activating group) is 1. The average Bonchev–Trinajstić information content (AvgIpc) is 3.18. The summed E-state index contributed by atoms with van der Waals surface area (Å²) in [7, 11) is 2.11. The largest absolute Gasteiger partial charge is 0.357 e. The summed E-state index contributed by atoms with van der Waals surface area (Å²) >= 11 is 0. The molecule has 2 aliphatic rings. The highest BCUT2D eigenvalue weighted by Gasteiger charge is 2.25. The Morgan fingerprint density at radius 1 is 1.23 bits per heavy atom. The van der Waals surface area contributed by atoms with Crippen LogP contribution in [0.3, 0.4) is 0 Å². The van der Waals surface area contributed by atoms with Crippen molar-refractivity contribution in [3.05, 3.63) is 46.5 Å². The molecule has 0 bridgehead atoms. The zero-order valence-electron chi connectivity index (χ0n) is 18.1. The fourth-order valence-corrected chi connectivity index (χ4v) is 4.09. The Morgan fingerprint density at radius 2 is 1.97 bits per heavy atom. The third-order valence-corrected chi connectivity index (χ3v) is 6.04. The number of fused-ring (bicyclic) bond motifs is 1. The van der Waals surface area contributed by atoms with E-state index in [1.54, 1.807) is 12.1 Å². The molecule has 2 aromatic rings. The van der Waals surface area contributed by atoms with E-state index in [-0.39, 0.29) is 11.8 Å². The first-order valence-electron chi connectivity index (χ1n) is 10.5. The van der Waals surface area contributed by atoms with Crippen molar-refractivity contribution in [3.8, 4) is 0 Å². The highest BCUT2D eigenvalue weighted by atomic mass is 19.1. The second kappa shape index (κ2) is 8.64. The number of carbonyl (C=O) groups is 2. The van der Waals surface area contributed by atoms with Gasteiger partial charge in [-0.25, -0.2) is 4.39 Å². The van der Waals surface area contributed by atoms with Gasteiger partial charge in [-0.05, 0) is 50.7 Å². The quantitative estimate of drug-likeness (QED) is 0.644. The van der Waals surface area contributed by atoms with Crippen LogP contribution in [0.25, 0.3) is 11.6 Å². The molecule has 7 nitrogen and oxygen atoms in total. The molecule has 0 radical (unpaired) electrons. The number of amides is 2. The molecule has 3 heterocycles. The molecule has 2 aliphatic heterocycles. The molecule has 164 valence electrons. The summed E-state index contributed by atoms with van der Waals surface area (Å²) in [6.45, 7) is 8.52. The number of anilines is 2. The second-order valence-electron chi connectivity index (χ2n) is 8.31. The standard InChI is InChI=1S/C23H28FN5O2/c1-14-20(13-18-17-12-16(24)4-5-19(17)26-23(18)31)25-15(2)22(14)27-21(30)6-7-29-10-8-28(3)9-11-29/h4-5,12-13,25H,6-11H2,1-3H3,(H,26,31)(H,27,30). The van der Waals surface area contributed by atoms with Gasteiger partial charge in [-0.3, -0.25) is 9.59 Å². The highest BCUT2D eigenvalue weighted by Crippen LogP contribution is 2.35. The number of aromatic nitrogens is 1. The Bertz CT molecular complexity index is 1050. The van der Waals surface area contributed by atoms with Crippen LogP contribution in [-0.4, -0.2) is 66.4 Å². The number of rotatable bonds is 5. The maximum Gasteiger partial charge on any atom is 0.256 e. The van der Waals surface area contributed by atoms with Gasteiger partial charge in [0, 0.05) is 61.8 Å². The van der Waals surface area contributed by atoms with E-state index < -0.39 is 5.82 Å². The number of hydrogen-bond acceptors (Lipinski definition) is 4. The van der Waals surface area contributed by atoms with E-state index in [1.165, 1.54) is 12.1 Å². The van der Waals surface area contributed by atoms with E-state index in [0.717, 1.165) is 49.7 Å². The molecule has 3 N–H and O–H groups in total. The van der Waals surface area contributed by atoms with E-state index in [1.807, 2.05) is 13.8 Å². The molecule has 31 heavy (non-hydrogen) atoms. The average molecular weight is 426 g/mol. The summed E-state index contributed by atoms with van der Waals surface area (Å²) in [5, 5.41) is 5.77. The molecule has 1 fully saturated rings. The molecule has 0 spiro atoms. The first kappa shape index (κ1) is 21.3. The minimum atomic E-state index is -0.395. The van der Waals surface area contributed by atoms with Gasteiger partial charge in [0.25, 0.3) is 5.91 Å². The summed E-state index contributed by atoms with van der Waals surface area (Å²) in [4.78, 5) is 32.8. The van der Waals surface area contributed by atoms with Crippen molar-refractivity contribution in [1.82, 2.24) is 14.8 Å². The van der Waals surface area contributed by atoms with Crippen molar-refractivity contribution >= 4 is 34.8 Å². The van der Waals surface area contributed by atoms with Crippen LogP contribution in [0.5, 0.6) is 0 Å². The minimum Gasteiger partial charge on any atom is -0.357 e.